The first kappa shape index (κ1) is 16.1. The maximum atomic E-state index is 12.4. The average Bonchev–Trinajstić information content (AvgIpc) is 2.84. The standard InChI is InChI=1S/C11H20N4O2S2/c1-4-9-13-6-10(14-9)19(16,17)15(5-2)7-8(3)11(12)18/h6,8H,4-5,7H2,1-3H3,(H2,12,18)(H,13,14). The van der Waals surface area contributed by atoms with Crippen LogP contribution in [-0.2, 0) is 16.4 Å². The van der Waals surface area contributed by atoms with E-state index in [1.165, 1.54) is 10.5 Å². The molecule has 0 spiro atoms. The molecule has 1 unspecified atom stereocenters. The van der Waals surface area contributed by atoms with Crippen molar-refractivity contribution in [2.24, 2.45) is 11.7 Å². The van der Waals surface area contributed by atoms with Crippen LogP contribution in [0, 0.1) is 5.92 Å². The average molecular weight is 304 g/mol. The SMILES string of the molecule is CCc1ncc(S(=O)(=O)N(CC)CC(C)C(N)=S)[nH]1. The number of nitrogens with zero attached hydrogens (tertiary/aromatic N) is 2. The van der Waals surface area contributed by atoms with E-state index in [0.29, 0.717) is 23.8 Å². The van der Waals surface area contributed by atoms with Crippen molar-refractivity contribution in [3.63, 3.8) is 0 Å². The molecule has 0 saturated heterocycles. The summed E-state index contributed by atoms with van der Waals surface area (Å²) in [7, 11) is -3.57. The van der Waals surface area contributed by atoms with Crippen LogP contribution < -0.4 is 5.73 Å². The van der Waals surface area contributed by atoms with E-state index in [2.05, 4.69) is 9.97 Å². The largest absolute Gasteiger partial charge is 0.393 e. The molecule has 0 saturated carbocycles. The predicted octanol–water partition coefficient (Wildman–Crippen LogP) is 0.905. The summed E-state index contributed by atoms with van der Waals surface area (Å²) in [5.41, 5.74) is 5.54. The maximum Gasteiger partial charge on any atom is 0.260 e. The second-order valence-electron chi connectivity index (χ2n) is 4.31. The zero-order valence-electron chi connectivity index (χ0n) is 11.4. The summed E-state index contributed by atoms with van der Waals surface area (Å²) in [4.78, 5) is 7.15. The van der Waals surface area contributed by atoms with Gasteiger partial charge < -0.3 is 10.7 Å². The van der Waals surface area contributed by atoms with Gasteiger partial charge in [0.1, 0.15) is 5.82 Å². The van der Waals surface area contributed by atoms with Gasteiger partial charge in [-0.15, -0.1) is 0 Å². The second kappa shape index (κ2) is 6.44. The fourth-order valence-corrected chi connectivity index (χ4v) is 3.13. The van der Waals surface area contributed by atoms with Crippen molar-refractivity contribution >= 4 is 27.2 Å². The second-order valence-corrected chi connectivity index (χ2v) is 6.68. The number of thiocarbonyl (C=S) groups is 1. The Morgan fingerprint density at radius 2 is 2.21 bits per heavy atom. The summed E-state index contributed by atoms with van der Waals surface area (Å²) in [6.45, 7) is 6.12. The van der Waals surface area contributed by atoms with Gasteiger partial charge in [0, 0.05) is 25.4 Å². The van der Waals surface area contributed by atoms with E-state index in [-0.39, 0.29) is 17.5 Å². The van der Waals surface area contributed by atoms with Gasteiger partial charge in [0.05, 0.1) is 11.2 Å². The van der Waals surface area contributed by atoms with Crippen LogP contribution in [-0.4, -0.2) is 40.8 Å². The summed E-state index contributed by atoms with van der Waals surface area (Å²) in [5, 5.41) is 0.112. The molecule has 0 amide bonds. The Kier molecular flexibility index (Phi) is 5.45. The number of hydrogen-bond donors (Lipinski definition) is 2. The third-order valence-electron chi connectivity index (χ3n) is 2.87. The van der Waals surface area contributed by atoms with Crippen LogP contribution in [0.4, 0.5) is 0 Å². The molecule has 0 aliphatic rings. The molecule has 8 heteroatoms. The Morgan fingerprint density at radius 3 is 2.63 bits per heavy atom. The summed E-state index contributed by atoms with van der Waals surface area (Å²) in [6, 6.07) is 0. The molecule has 0 radical (unpaired) electrons. The monoisotopic (exact) mass is 304 g/mol. The number of nitrogens with two attached hydrogens (primary N) is 1. The first-order valence-corrected chi connectivity index (χ1v) is 8.01. The van der Waals surface area contributed by atoms with Crippen LogP contribution in [0.25, 0.3) is 0 Å². The lowest BCUT2D eigenvalue weighted by Crippen LogP contribution is -2.38. The van der Waals surface area contributed by atoms with Crippen LogP contribution in [0.5, 0.6) is 0 Å². The van der Waals surface area contributed by atoms with Crippen LogP contribution in [0.15, 0.2) is 11.2 Å². The Hall–Kier alpha value is -0.990. The molecule has 3 N–H and O–H groups in total. The van der Waals surface area contributed by atoms with E-state index < -0.39 is 10.0 Å². The highest BCUT2D eigenvalue weighted by Gasteiger charge is 2.27. The smallest absolute Gasteiger partial charge is 0.260 e. The zero-order valence-corrected chi connectivity index (χ0v) is 13.0. The fourth-order valence-electron chi connectivity index (χ4n) is 1.59. The molecule has 1 atom stereocenters. The van der Waals surface area contributed by atoms with E-state index in [0.717, 1.165) is 0 Å². The molecule has 1 aromatic heterocycles. The lowest BCUT2D eigenvalue weighted by atomic mass is 10.2. The first-order valence-electron chi connectivity index (χ1n) is 6.16. The minimum absolute atomic E-state index is 0.112. The van der Waals surface area contributed by atoms with Gasteiger partial charge in [-0.05, 0) is 0 Å². The molecule has 19 heavy (non-hydrogen) atoms. The quantitative estimate of drug-likeness (QED) is 0.730. The molecule has 1 aromatic rings. The molecule has 0 aliphatic heterocycles. The number of sulfonamides is 1. The highest BCUT2D eigenvalue weighted by Crippen LogP contribution is 2.15. The maximum absolute atomic E-state index is 12.4. The van der Waals surface area contributed by atoms with Crippen molar-refractivity contribution in [3.8, 4) is 0 Å². The summed E-state index contributed by atoms with van der Waals surface area (Å²) in [5.74, 6) is 0.482. The molecular formula is C11H20N4O2S2. The van der Waals surface area contributed by atoms with Crippen molar-refractivity contribution in [1.29, 1.82) is 0 Å². The molecule has 0 fully saturated rings. The lowest BCUT2D eigenvalue weighted by molar-refractivity contribution is 0.403. The third kappa shape index (κ3) is 3.74. The van der Waals surface area contributed by atoms with Gasteiger partial charge in [-0.25, -0.2) is 13.4 Å². The number of hydrogen-bond acceptors (Lipinski definition) is 4. The van der Waals surface area contributed by atoms with Crippen LogP contribution in [0.3, 0.4) is 0 Å². The van der Waals surface area contributed by atoms with Crippen molar-refractivity contribution in [3.05, 3.63) is 12.0 Å². The zero-order chi connectivity index (χ0) is 14.6. The first-order chi connectivity index (χ1) is 8.82. The van der Waals surface area contributed by atoms with Gasteiger partial charge in [-0.3, -0.25) is 0 Å². The normalized spacial score (nSPS) is 13.7. The Labute approximate surface area is 119 Å². The highest BCUT2D eigenvalue weighted by atomic mass is 32.2. The van der Waals surface area contributed by atoms with Gasteiger partial charge in [0.15, 0.2) is 5.03 Å². The molecule has 6 nitrogen and oxygen atoms in total. The number of rotatable bonds is 7. The van der Waals surface area contributed by atoms with Gasteiger partial charge >= 0.3 is 0 Å². The molecule has 0 bridgehead atoms. The van der Waals surface area contributed by atoms with E-state index in [4.69, 9.17) is 18.0 Å². The van der Waals surface area contributed by atoms with Gasteiger partial charge in [-0.2, -0.15) is 4.31 Å². The predicted molar refractivity (Wildman–Crippen MR) is 78.3 cm³/mol. The van der Waals surface area contributed by atoms with Crippen molar-refractivity contribution in [2.45, 2.75) is 32.2 Å². The van der Waals surface area contributed by atoms with Crippen molar-refractivity contribution in [2.75, 3.05) is 13.1 Å². The van der Waals surface area contributed by atoms with Gasteiger partial charge in [0.2, 0.25) is 0 Å². The fraction of sp³-hybridized carbons (Fsp3) is 0.636. The minimum atomic E-state index is -3.57. The molecular weight excluding hydrogens is 284 g/mol. The van der Waals surface area contributed by atoms with Crippen molar-refractivity contribution < 1.29 is 8.42 Å². The minimum Gasteiger partial charge on any atom is -0.393 e. The number of H-pyrrole nitrogens is 1. The number of aromatic amines is 1. The summed E-state index contributed by atoms with van der Waals surface area (Å²) < 4.78 is 26.2. The Bertz CT molecular complexity index is 539. The lowest BCUT2D eigenvalue weighted by Gasteiger charge is -2.22. The number of aromatic nitrogens is 2. The van der Waals surface area contributed by atoms with Crippen molar-refractivity contribution in [1.82, 2.24) is 14.3 Å². The Morgan fingerprint density at radius 1 is 1.58 bits per heavy atom. The van der Waals surface area contributed by atoms with E-state index in [1.807, 2.05) is 13.8 Å². The van der Waals surface area contributed by atoms with Gasteiger partial charge in [-0.1, -0.05) is 33.0 Å². The topological polar surface area (TPSA) is 92.1 Å². The van der Waals surface area contributed by atoms with Crippen LogP contribution in [0.2, 0.25) is 0 Å². The van der Waals surface area contributed by atoms with Crippen LogP contribution >= 0.6 is 12.2 Å². The van der Waals surface area contributed by atoms with E-state index in [1.54, 1.807) is 6.92 Å². The summed E-state index contributed by atoms with van der Waals surface area (Å²) in [6.07, 6.45) is 2.01. The number of imidazole rings is 1. The van der Waals surface area contributed by atoms with Crippen LogP contribution in [0.1, 0.15) is 26.6 Å². The number of nitrogens with one attached hydrogen (secondary N) is 1. The molecule has 0 aliphatic carbocycles. The molecule has 108 valence electrons. The van der Waals surface area contributed by atoms with E-state index in [9.17, 15) is 8.42 Å². The molecule has 0 aromatic carbocycles. The summed E-state index contributed by atoms with van der Waals surface area (Å²) >= 11 is 4.88. The number of aryl methyl sites for hydroxylation is 1. The van der Waals surface area contributed by atoms with E-state index >= 15 is 0 Å². The molecule has 1 rings (SSSR count). The Balaban J connectivity index is 2.98. The molecule has 1 heterocycles. The third-order valence-corrected chi connectivity index (χ3v) is 5.13. The highest BCUT2D eigenvalue weighted by molar-refractivity contribution is 7.89. The van der Waals surface area contributed by atoms with Gasteiger partial charge in [0.25, 0.3) is 10.0 Å².